The van der Waals surface area contributed by atoms with Crippen LogP contribution in [-0.4, -0.2) is 70.3 Å². The lowest BCUT2D eigenvalue weighted by Gasteiger charge is -2.36. The number of ether oxygens (including phenoxy) is 1. The van der Waals surface area contributed by atoms with E-state index in [9.17, 15) is 9.59 Å². The number of likely N-dealkylation sites (tertiary alicyclic amines) is 2. The van der Waals surface area contributed by atoms with Crippen molar-refractivity contribution in [2.75, 3.05) is 32.7 Å². The highest BCUT2D eigenvalue weighted by atomic mass is 16.6. The third-order valence-electron chi connectivity index (χ3n) is 6.58. The van der Waals surface area contributed by atoms with Gasteiger partial charge in [0.1, 0.15) is 6.10 Å². The molecule has 1 unspecified atom stereocenters. The van der Waals surface area contributed by atoms with E-state index in [1.807, 2.05) is 22.7 Å². The minimum atomic E-state index is -0.358. The lowest BCUT2D eigenvalue weighted by atomic mass is 9.76. The monoisotopic (exact) mass is 374 g/mol. The van der Waals surface area contributed by atoms with Crippen LogP contribution in [0.4, 0.5) is 0 Å². The van der Waals surface area contributed by atoms with Crippen LogP contribution in [-0.2, 0) is 27.8 Å². The number of cyclic esters (lactones) is 1. The van der Waals surface area contributed by atoms with E-state index >= 15 is 0 Å². The Labute approximate surface area is 160 Å². The van der Waals surface area contributed by atoms with E-state index in [0.29, 0.717) is 25.9 Å². The lowest BCUT2D eigenvalue weighted by molar-refractivity contribution is -0.152. The van der Waals surface area contributed by atoms with E-state index in [2.05, 4.69) is 10.00 Å². The van der Waals surface area contributed by atoms with Crippen molar-refractivity contribution in [1.82, 2.24) is 19.6 Å². The van der Waals surface area contributed by atoms with Gasteiger partial charge in [0.2, 0.25) is 5.91 Å². The van der Waals surface area contributed by atoms with Crippen LogP contribution >= 0.6 is 0 Å². The van der Waals surface area contributed by atoms with Crippen LogP contribution in [0.25, 0.3) is 0 Å². The van der Waals surface area contributed by atoms with E-state index in [1.165, 1.54) is 12.8 Å². The molecule has 7 nitrogen and oxygen atoms in total. The van der Waals surface area contributed by atoms with Crippen LogP contribution in [0.1, 0.15) is 44.2 Å². The van der Waals surface area contributed by atoms with Crippen molar-refractivity contribution in [3.63, 3.8) is 0 Å². The molecule has 0 radical (unpaired) electrons. The number of carbonyl (C=O) groups is 2. The Morgan fingerprint density at radius 2 is 2.00 bits per heavy atom. The van der Waals surface area contributed by atoms with Crippen molar-refractivity contribution in [2.45, 2.75) is 51.0 Å². The minimum Gasteiger partial charge on any atom is -0.461 e. The standard InChI is InChI=1S/C20H30N4O3/c1-22-16(6-9-21-22)4-5-18(25)24-12-7-20(8-13-24)14-17(27-19(20)26)15-23-10-2-3-11-23/h6,9,17H,2-5,7-8,10-15H2,1H3. The second kappa shape index (κ2) is 7.62. The molecular formula is C20H30N4O3. The molecule has 148 valence electrons. The van der Waals surface area contributed by atoms with E-state index in [1.54, 1.807) is 6.20 Å². The van der Waals surface area contributed by atoms with Crippen molar-refractivity contribution >= 4 is 11.9 Å². The summed E-state index contributed by atoms with van der Waals surface area (Å²) in [6, 6.07) is 1.95. The molecule has 0 aromatic carbocycles. The first-order valence-corrected chi connectivity index (χ1v) is 10.2. The summed E-state index contributed by atoms with van der Waals surface area (Å²) in [7, 11) is 1.90. The molecule has 7 heteroatoms. The summed E-state index contributed by atoms with van der Waals surface area (Å²) >= 11 is 0. The Bertz CT molecular complexity index is 687. The van der Waals surface area contributed by atoms with E-state index in [0.717, 1.165) is 44.6 Å². The highest BCUT2D eigenvalue weighted by Crippen LogP contribution is 2.43. The van der Waals surface area contributed by atoms with Crippen LogP contribution < -0.4 is 0 Å². The summed E-state index contributed by atoms with van der Waals surface area (Å²) in [5.41, 5.74) is 0.712. The summed E-state index contributed by atoms with van der Waals surface area (Å²) < 4.78 is 7.54. The van der Waals surface area contributed by atoms with Gasteiger partial charge in [0.25, 0.3) is 0 Å². The number of esters is 1. The summed E-state index contributed by atoms with van der Waals surface area (Å²) in [5, 5.41) is 4.14. The largest absolute Gasteiger partial charge is 0.461 e. The topological polar surface area (TPSA) is 67.7 Å². The molecule has 0 aliphatic carbocycles. The zero-order chi connectivity index (χ0) is 18.9. The van der Waals surface area contributed by atoms with Crippen LogP contribution in [0.5, 0.6) is 0 Å². The fourth-order valence-electron chi connectivity index (χ4n) is 4.82. The fraction of sp³-hybridized carbons (Fsp3) is 0.750. The van der Waals surface area contributed by atoms with Crippen LogP contribution in [0.3, 0.4) is 0 Å². The third kappa shape index (κ3) is 3.88. The van der Waals surface area contributed by atoms with Gasteiger partial charge in [0, 0.05) is 51.4 Å². The van der Waals surface area contributed by atoms with Crippen molar-refractivity contribution in [2.24, 2.45) is 12.5 Å². The van der Waals surface area contributed by atoms with Crippen molar-refractivity contribution in [3.05, 3.63) is 18.0 Å². The maximum atomic E-state index is 12.6. The molecule has 0 N–H and O–H groups in total. The van der Waals surface area contributed by atoms with Gasteiger partial charge in [-0.05, 0) is 51.3 Å². The van der Waals surface area contributed by atoms with Crippen LogP contribution in [0, 0.1) is 5.41 Å². The molecule has 1 spiro atoms. The first-order chi connectivity index (χ1) is 13.1. The summed E-state index contributed by atoms with van der Waals surface area (Å²) in [6.07, 6.45) is 7.78. The molecule has 3 saturated heterocycles. The van der Waals surface area contributed by atoms with Crippen molar-refractivity contribution < 1.29 is 14.3 Å². The molecule has 3 fully saturated rings. The predicted molar refractivity (Wildman–Crippen MR) is 99.9 cm³/mol. The van der Waals surface area contributed by atoms with Gasteiger partial charge in [-0.25, -0.2) is 0 Å². The maximum Gasteiger partial charge on any atom is 0.312 e. The van der Waals surface area contributed by atoms with E-state index in [4.69, 9.17) is 4.74 Å². The SMILES string of the molecule is Cn1nccc1CCC(=O)N1CCC2(CC1)CC(CN1CCCC1)OC2=O. The van der Waals surface area contributed by atoms with Gasteiger partial charge in [-0.3, -0.25) is 19.2 Å². The molecule has 1 amide bonds. The van der Waals surface area contributed by atoms with Gasteiger partial charge >= 0.3 is 5.97 Å². The highest BCUT2D eigenvalue weighted by Gasteiger charge is 2.51. The molecule has 4 heterocycles. The number of nitrogens with zero attached hydrogens (tertiary/aromatic N) is 4. The normalized spacial score (nSPS) is 25.3. The molecule has 0 bridgehead atoms. The Kier molecular flexibility index (Phi) is 5.21. The van der Waals surface area contributed by atoms with Gasteiger partial charge in [-0.2, -0.15) is 5.10 Å². The molecule has 1 aromatic rings. The van der Waals surface area contributed by atoms with Crippen LogP contribution in [0.2, 0.25) is 0 Å². The maximum absolute atomic E-state index is 12.6. The quantitative estimate of drug-likeness (QED) is 0.729. The van der Waals surface area contributed by atoms with E-state index in [-0.39, 0.29) is 23.4 Å². The molecular weight excluding hydrogens is 344 g/mol. The Morgan fingerprint density at radius 1 is 1.26 bits per heavy atom. The predicted octanol–water partition coefficient (Wildman–Crippen LogP) is 1.37. The van der Waals surface area contributed by atoms with Gasteiger partial charge in [0.05, 0.1) is 5.41 Å². The molecule has 0 saturated carbocycles. The summed E-state index contributed by atoms with van der Waals surface area (Å²) in [5.74, 6) is 0.139. The Morgan fingerprint density at radius 3 is 2.67 bits per heavy atom. The number of aromatic nitrogens is 2. The number of hydrogen-bond acceptors (Lipinski definition) is 5. The Balaban J connectivity index is 1.27. The van der Waals surface area contributed by atoms with Gasteiger partial charge in [-0.1, -0.05) is 0 Å². The lowest BCUT2D eigenvalue weighted by Crippen LogP contribution is -2.45. The zero-order valence-electron chi connectivity index (χ0n) is 16.2. The first-order valence-electron chi connectivity index (χ1n) is 10.2. The van der Waals surface area contributed by atoms with Crippen molar-refractivity contribution in [1.29, 1.82) is 0 Å². The highest BCUT2D eigenvalue weighted by molar-refractivity contribution is 5.80. The average Bonchev–Trinajstić information content (AvgIpc) is 3.37. The number of piperidine rings is 1. The first kappa shape index (κ1) is 18.5. The van der Waals surface area contributed by atoms with Crippen LogP contribution in [0.15, 0.2) is 12.3 Å². The minimum absolute atomic E-state index is 0.0303. The zero-order valence-corrected chi connectivity index (χ0v) is 16.2. The second-order valence-corrected chi connectivity index (χ2v) is 8.35. The summed E-state index contributed by atoms with van der Waals surface area (Å²) in [6.45, 7) is 4.45. The fourth-order valence-corrected chi connectivity index (χ4v) is 4.82. The van der Waals surface area contributed by atoms with E-state index < -0.39 is 0 Å². The van der Waals surface area contributed by atoms with Gasteiger partial charge in [0.15, 0.2) is 0 Å². The molecule has 3 aliphatic heterocycles. The molecule has 1 aromatic heterocycles. The smallest absolute Gasteiger partial charge is 0.312 e. The molecule has 4 rings (SSSR count). The Hall–Kier alpha value is -1.89. The summed E-state index contributed by atoms with van der Waals surface area (Å²) in [4.78, 5) is 29.5. The average molecular weight is 374 g/mol. The number of amides is 1. The van der Waals surface area contributed by atoms with Crippen molar-refractivity contribution in [3.8, 4) is 0 Å². The molecule has 3 aliphatic rings. The van der Waals surface area contributed by atoms with Gasteiger partial charge in [-0.15, -0.1) is 0 Å². The van der Waals surface area contributed by atoms with Gasteiger partial charge < -0.3 is 9.64 Å². The number of carbonyl (C=O) groups excluding carboxylic acids is 2. The molecule has 1 atom stereocenters. The second-order valence-electron chi connectivity index (χ2n) is 8.35. The number of rotatable bonds is 5. The number of hydrogen-bond donors (Lipinski definition) is 0. The number of aryl methyl sites for hydroxylation is 2. The third-order valence-corrected chi connectivity index (χ3v) is 6.58. The molecule has 27 heavy (non-hydrogen) atoms.